The SMILES string of the molecule is CCOC(=O)C1=C(c2ccccc2)N=c2s/c(=C/c3cc(OC)c(O)c(OC)c3)c(=O)n2[C@@H]1c1ccc2c(c1)OCO2. The van der Waals surface area contributed by atoms with E-state index in [2.05, 4.69) is 0 Å². The quantitative estimate of drug-likeness (QED) is 0.328. The Balaban J connectivity index is 1.63. The molecule has 0 bridgehead atoms. The van der Waals surface area contributed by atoms with Gasteiger partial charge in [-0.15, -0.1) is 0 Å². The number of aromatic hydroxyl groups is 1. The van der Waals surface area contributed by atoms with Gasteiger partial charge in [0.25, 0.3) is 5.56 Å². The monoisotopic (exact) mass is 586 g/mol. The van der Waals surface area contributed by atoms with E-state index >= 15 is 0 Å². The van der Waals surface area contributed by atoms with E-state index in [0.717, 1.165) is 0 Å². The Morgan fingerprint density at radius 3 is 2.48 bits per heavy atom. The van der Waals surface area contributed by atoms with E-state index in [0.29, 0.717) is 43.2 Å². The number of aromatic nitrogens is 1. The molecule has 0 spiro atoms. The third-order valence-corrected chi connectivity index (χ3v) is 7.87. The van der Waals surface area contributed by atoms with Gasteiger partial charge in [0.1, 0.15) is 0 Å². The first-order valence-corrected chi connectivity index (χ1v) is 13.9. The lowest BCUT2D eigenvalue weighted by Gasteiger charge is -2.26. The summed E-state index contributed by atoms with van der Waals surface area (Å²) in [6, 6.07) is 17.0. The molecule has 0 unspecified atom stereocenters. The van der Waals surface area contributed by atoms with Crippen LogP contribution in [0, 0.1) is 0 Å². The molecule has 3 heterocycles. The topological polar surface area (TPSA) is 118 Å². The van der Waals surface area contributed by atoms with Crippen LogP contribution in [0.5, 0.6) is 28.7 Å². The van der Waals surface area contributed by atoms with E-state index in [4.69, 9.17) is 28.7 Å². The Morgan fingerprint density at radius 1 is 1.07 bits per heavy atom. The fraction of sp³-hybridized carbons (Fsp3) is 0.194. The molecule has 0 radical (unpaired) electrons. The predicted molar refractivity (Wildman–Crippen MR) is 155 cm³/mol. The largest absolute Gasteiger partial charge is 0.502 e. The van der Waals surface area contributed by atoms with Crippen LogP contribution in [0.1, 0.15) is 29.7 Å². The Kier molecular flexibility index (Phi) is 7.17. The molecule has 2 aliphatic heterocycles. The highest BCUT2D eigenvalue weighted by Gasteiger charge is 2.36. The van der Waals surface area contributed by atoms with Crippen molar-refractivity contribution in [1.82, 2.24) is 4.57 Å². The number of fused-ring (bicyclic) bond motifs is 2. The third-order valence-electron chi connectivity index (χ3n) is 6.89. The molecular formula is C31H26N2O8S. The first-order chi connectivity index (χ1) is 20.4. The van der Waals surface area contributed by atoms with Crippen molar-refractivity contribution in [3.63, 3.8) is 0 Å². The van der Waals surface area contributed by atoms with E-state index < -0.39 is 12.0 Å². The van der Waals surface area contributed by atoms with Gasteiger partial charge in [0, 0.05) is 5.56 Å². The van der Waals surface area contributed by atoms with Crippen molar-refractivity contribution in [2.24, 2.45) is 4.99 Å². The summed E-state index contributed by atoms with van der Waals surface area (Å²) < 4.78 is 29.1. The van der Waals surface area contributed by atoms with Crippen LogP contribution in [0.25, 0.3) is 11.8 Å². The molecule has 1 N–H and O–H groups in total. The van der Waals surface area contributed by atoms with Crippen molar-refractivity contribution in [3.8, 4) is 28.7 Å². The van der Waals surface area contributed by atoms with Crippen LogP contribution in [-0.4, -0.2) is 43.3 Å². The van der Waals surface area contributed by atoms with Gasteiger partial charge < -0.3 is 28.8 Å². The van der Waals surface area contributed by atoms with Crippen molar-refractivity contribution in [3.05, 3.63) is 103 Å². The smallest absolute Gasteiger partial charge is 0.338 e. The fourth-order valence-electron chi connectivity index (χ4n) is 4.99. The average molecular weight is 587 g/mol. The van der Waals surface area contributed by atoms with Crippen LogP contribution in [0.4, 0.5) is 0 Å². The minimum atomic E-state index is -0.865. The Morgan fingerprint density at radius 2 is 1.79 bits per heavy atom. The number of carbonyl (C=O) groups is 1. The molecule has 0 saturated heterocycles. The van der Waals surface area contributed by atoms with E-state index in [1.165, 1.54) is 30.1 Å². The van der Waals surface area contributed by atoms with Crippen LogP contribution >= 0.6 is 11.3 Å². The van der Waals surface area contributed by atoms with E-state index in [9.17, 15) is 14.7 Å². The van der Waals surface area contributed by atoms with Gasteiger partial charge in [0.05, 0.1) is 42.7 Å². The first kappa shape index (κ1) is 27.2. The number of esters is 1. The molecule has 10 nitrogen and oxygen atoms in total. The standard InChI is InChI=1S/C31H26N2O8S/c1-4-39-30(36)25-26(18-8-6-5-7-9-18)32-31-33(27(25)19-10-11-20-21(15-19)41-16-40-20)29(35)24(42-31)14-17-12-22(37-2)28(34)23(13-17)38-3/h5-15,27,34H,4,16H2,1-3H3/b24-14+/t27-/m1/s1. The summed E-state index contributed by atoms with van der Waals surface area (Å²) in [5.41, 5.74) is 2.19. The summed E-state index contributed by atoms with van der Waals surface area (Å²) in [7, 11) is 2.86. The zero-order valence-corrected chi connectivity index (χ0v) is 23.8. The molecule has 11 heteroatoms. The summed E-state index contributed by atoms with van der Waals surface area (Å²) in [6.45, 7) is 1.95. The molecule has 0 aliphatic carbocycles. The second kappa shape index (κ2) is 11.1. The van der Waals surface area contributed by atoms with Crippen LogP contribution < -0.4 is 33.8 Å². The minimum absolute atomic E-state index is 0.0803. The maximum atomic E-state index is 14.1. The number of rotatable bonds is 7. The lowest BCUT2D eigenvalue weighted by molar-refractivity contribution is -0.138. The van der Waals surface area contributed by atoms with Crippen molar-refractivity contribution >= 4 is 29.1 Å². The number of phenolic OH excluding ortho intramolecular Hbond substituents is 1. The van der Waals surface area contributed by atoms with Gasteiger partial charge in [-0.05, 0) is 48.4 Å². The normalized spacial score (nSPS) is 15.7. The molecule has 42 heavy (non-hydrogen) atoms. The van der Waals surface area contributed by atoms with Crippen LogP contribution in [0.2, 0.25) is 0 Å². The zero-order valence-electron chi connectivity index (χ0n) is 23.0. The maximum absolute atomic E-state index is 14.1. The first-order valence-electron chi connectivity index (χ1n) is 13.1. The summed E-state index contributed by atoms with van der Waals surface area (Å²) in [5, 5.41) is 10.3. The average Bonchev–Trinajstić information content (AvgIpc) is 3.61. The molecular weight excluding hydrogens is 560 g/mol. The lowest BCUT2D eigenvalue weighted by Crippen LogP contribution is -2.40. The summed E-state index contributed by atoms with van der Waals surface area (Å²) in [6.07, 6.45) is 1.67. The van der Waals surface area contributed by atoms with Gasteiger partial charge in [0.15, 0.2) is 27.8 Å². The molecule has 0 fully saturated rings. The Labute approximate surface area is 244 Å². The van der Waals surface area contributed by atoms with Gasteiger partial charge in [-0.2, -0.15) is 0 Å². The van der Waals surface area contributed by atoms with E-state index in [1.807, 2.05) is 30.3 Å². The second-order valence-corrected chi connectivity index (χ2v) is 10.3. The van der Waals surface area contributed by atoms with Crippen molar-refractivity contribution in [1.29, 1.82) is 0 Å². The molecule has 1 atom stereocenters. The molecule has 4 aromatic rings. The van der Waals surface area contributed by atoms with E-state index in [-0.39, 0.29) is 41.8 Å². The van der Waals surface area contributed by atoms with Gasteiger partial charge in [0.2, 0.25) is 12.5 Å². The van der Waals surface area contributed by atoms with Crippen LogP contribution in [0.15, 0.2) is 76.0 Å². The number of hydrogen-bond donors (Lipinski definition) is 1. The number of hydrogen-bond acceptors (Lipinski definition) is 10. The van der Waals surface area contributed by atoms with Crippen LogP contribution in [-0.2, 0) is 9.53 Å². The number of nitrogens with zero attached hydrogens (tertiary/aromatic N) is 2. The lowest BCUT2D eigenvalue weighted by atomic mass is 9.93. The highest BCUT2D eigenvalue weighted by atomic mass is 32.1. The highest BCUT2D eigenvalue weighted by Crippen LogP contribution is 2.40. The number of phenols is 1. The second-order valence-electron chi connectivity index (χ2n) is 9.32. The number of carbonyl (C=O) groups excluding carboxylic acids is 1. The van der Waals surface area contributed by atoms with E-state index in [1.54, 1.807) is 43.3 Å². The molecule has 2 aliphatic rings. The summed E-state index contributed by atoms with van der Waals surface area (Å²) in [5.74, 6) is 0.758. The van der Waals surface area contributed by atoms with Crippen LogP contribution in [0.3, 0.4) is 0 Å². The van der Waals surface area contributed by atoms with Gasteiger partial charge in [-0.3, -0.25) is 9.36 Å². The van der Waals surface area contributed by atoms with Crippen molar-refractivity contribution in [2.75, 3.05) is 27.6 Å². The van der Waals surface area contributed by atoms with Gasteiger partial charge in [-0.1, -0.05) is 47.7 Å². The molecule has 0 saturated carbocycles. The minimum Gasteiger partial charge on any atom is -0.502 e. The van der Waals surface area contributed by atoms with Crippen molar-refractivity contribution in [2.45, 2.75) is 13.0 Å². The Bertz CT molecular complexity index is 1880. The van der Waals surface area contributed by atoms with Crippen molar-refractivity contribution < 1.29 is 33.6 Å². The third kappa shape index (κ3) is 4.67. The summed E-state index contributed by atoms with van der Waals surface area (Å²) >= 11 is 1.18. The fourth-order valence-corrected chi connectivity index (χ4v) is 5.99. The highest BCUT2D eigenvalue weighted by molar-refractivity contribution is 7.07. The number of benzene rings is 3. The molecule has 0 amide bonds. The van der Waals surface area contributed by atoms with Gasteiger partial charge in [-0.25, -0.2) is 9.79 Å². The molecule has 1 aromatic heterocycles. The number of ether oxygens (including phenoxy) is 5. The zero-order chi connectivity index (χ0) is 29.4. The number of thiazole rings is 1. The molecule has 3 aromatic carbocycles. The summed E-state index contributed by atoms with van der Waals surface area (Å²) in [4.78, 5) is 33.0. The Hall–Kier alpha value is -5.03. The maximum Gasteiger partial charge on any atom is 0.338 e. The number of methoxy groups -OCH3 is 2. The predicted octanol–water partition coefficient (Wildman–Crippen LogP) is 3.39. The molecule has 6 rings (SSSR count). The van der Waals surface area contributed by atoms with Gasteiger partial charge >= 0.3 is 5.97 Å². The molecule has 214 valence electrons.